The molecule has 32 heavy (non-hydrogen) atoms. The fraction of sp³-hybridized carbons (Fsp3) is 0.667. The van der Waals surface area contributed by atoms with Crippen molar-refractivity contribution < 1.29 is 9.18 Å². The number of urea groups is 1. The van der Waals surface area contributed by atoms with Crippen LogP contribution in [0.15, 0.2) is 18.3 Å². The number of carbonyl (C=O) groups excluding carboxylic acids is 1. The second-order valence-electron chi connectivity index (χ2n) is 11.4. The third-order valence-corrected chi connectivity index (χ3v) is 8.61. The van der Waals surface area contributed by atoms with Gasteiger partial charge in [-0.25, -0.2) is 9.18 Å². The van der Waals surface area contributed by atoms with Crippen LogP contribution in [0.1, 0.15) is 67.7 Å². The highest BCUT2D eigenvalue weighted by molar-refractivity contribution is 5.77. The first-order valence-electron chi connectivity index (χ1n) is 12.1. The van der Waals surface area contributed by atoms with E-state index in [1.807, 2.05) is 9.80 Å². The molecule has 1 N–H and O–H groups in total. The van der Waals surface area contributed by atoms with Gasteiger partial charge < -0.3 is 14.8 Å². The van der Waals surface area contributed by atoms with Gasteiger partial charge in [-0.3, -0.25) is 4.98 Å². The van der Waals surface area contributed by atoms with E-state index >= 15 is 0 Å². The fourth-order valence-electron chi connectivity index (χ4n) is 6.84. The molecular formula is C24H29FN6O. The zero-order valence-electron chi connectivity index (χ0n) is 18.3. The Labute approximate surface area is 186 Å². The van der Waals surface area contributed by atoms with Gasteiger partial charge in [0.15, 0.2) is 0 Å². The Hall–Kier alpha value is -2.51. The van der Waals surface area contributed by atoms with Crippen LogP contribution >= 0.6 is 0 Å². The minimum absolute atomic E-state index is 0.226. The van der Waals surface area contributed by atoms with Crippen molar-refractivity contribution in [3.63, 3.8) is 0 Å². The molecule has 2 aliphatic heterocycles. The molecule has 2 saturated heterocycles. The van der Waals surface area contributed by atoms with Crippen LogP contribution in [-0.2, 0) is 6.42 Å². The number of nitrogens with one attached hydrogen (secondary N) is 1. The molecule has 0 atom stereocenters. The van der Waals surface area contributed by atoms with E-state index in [0.29, 0.717) is 28.6 Å². The van der Waals surface area contributed by atoms with E-state index in [-0.39, 0.29) is 11.8 Å². The number of aromatic amines is 1. The average molecular weight is 437 g/mol. The number of carbonyl (C=O) groups is 1. The molecule has 2 aromatic rings. The summed E-state index contributed by atoms with van der Waals surface area (Å²) >= 11 is 0. The molecule has 7 rings (SSSR count). The van der Waals surface area contributed by atoms with Crippen molar-refractivity contribution in [2.45, 2.75) is 56.8 Å². The largest absolute Gasteiger partial charge is 0.328 e. The predicted molar refractivity (Wildman–Crippen MR) is 114 cm³/mol. The summed E-state index contributed by atoms with van der Waals surface area (Å²) < 4.78 is 13.0. The molecule has 0 radical (unpaired) electrons. The molecule has 2 amide bonds. The third-order valence-electron chi connectivity index (χ3n) is 8.61. The van der Waals surface area contributed by atoms with Gasteiger partial charge in [-0.2, -0.15) is 0 Å². The standard InChI is InChI=1S/C24H29FN6O/c25-18-3-4-19(26-10-18)5-15-6-23(7-15)11-30(12-23)22(32)31-13-24(14-31)8-17(9-24)21-27-20(28-29-21)16-1-2-16/h3-4,10,15-17H,1-2,5-9,11-14H2,(H,27,28,29). The molecule has 3 saturated carbocycles. The van der Waals surface area contributed by atoms with E-state index in [4.69, 9.17) is 0 Å². The highest BCUT2D eigenvalue weighted by Crippen LogP contribution is 2.57. The Balaban J connectivity index is 0.852. The van der Waals surface area contributed by atoms with Crippen molar-refractivity contribution in [3.05, 3.63) is 41.5 Å². The molecule has 0 aromatic carbocycles. The highest BCUT2D eigenvalue weighted by Gasteiger charge is 2.58. The second kappa shape index (κ2) is 6.51. The highest BCUT2D eigenvalue weighted by atomic mass is 19.1. The Morgan fingerprint density at radius 1 is 0.969 bits per heavy atom. The van der Waals surface area contributed by atoms with Gasteiger partial charge in [-0.1, -0.05) is 0 Å². The number of pyridine rings is 1. The van der Waals surface area contributed by atoms with E-state index in [1.54, 1.807) is 6.07 Å². The van der Waals surface area contributed by atoms with Gasteiger partial charge in [-0.15, -0.1) is 10.2 Å². The molecule has 168 valence electrons. The molecule has 2 spiro atoms. The topological polar surface area (TPSA) is 78.0 Å². The molecule has 8 heteroatoms. The van der Waals surface area contributed by atoms with Crippen LogP contribution in [0.25, 0.3) is 0 Å². The molecule has 3 aliphatic carbocycles. The van der Waals surface area contributed by atoms with Crippen molar-refractivity contribution in [1.29, 1.82) is 0 Å². The van der Waals surface area contributed by atoms with Gasteiger partial charge in [0, 0.05) is 54.5 Å². The number of hydrogen-bond donors (Lipinski definition) is 1. The number of H-pyrrole nitrogens is 1. The lowest BCUT2D eigenvalue weighted by Crippen LogP contribution is -2.71. The molecule has 2 aromatic heterocycles. The van der Waals surface area contributed by atoms with E-state index in [2.05, 4.69) is 20.2 Å². The molecule has 4 heterocycles. The quantitative estimate of drug-likeness (QED) is 0.796. The summed E-state index contributed by atoms with van der Waals surface area (Å²) in [6.07, 6.45) is 9.25. The van der Waals surface area contributed by atoms with Crippen LogP contribution in [0.4, 0.5) is 9.18 Å². The minimum Gasteiger partial charge on any atom is -0.328 e. The van der Waals surface area contributed by atoms with Crippen molar-refractivity contribution in [3.8, 4) is 0 Å². The van der Waals surface area contributed by atoms with Crippen molar-refractivity contribution in [2.75, 3.05) is 26.2 Å². The molecule has 0 unspecified atom stereocenters. The molecule has 0 bridgehead atoms. The van der Waals surface area contributed by atoms with Gasteiger partial charge in [0.05, 0.1) is 6.20 Å². The van der Waals surface area contributed by atoms with Gasteiger partial charge in [0.25, 0.3) is 0 Å². The second-order valence-corrected chi connectivity index (χ2v) is 11.4. The molecular weight excluding hydrogens is 407 g/mol. The number of rotatable bonds is 4. The van der Waals surface area contributed by atoms with Gasteiger partial charge in [-0.05, 0) is 63.0 Å². The van der Waals surface area contributed by atoms with Gasteiger partial charge in [0.2, 0.25) is 0 Å². The van der Waals surface area contributed by atoms with Gasteiger partial charge >= 0.3 is 6.03 Å². The van der Waals surface area contributed by atoms with Crippen molar-refractivity contribution in [2.24, 2.45) is 16.7 Å². The minimum atomic E-state index is -0.280. The molecule has 5 fully saturated rings. The van der Waals surface area contributed by atoms with Crippen LogP contribution in [0, 0.1) is 22.6 Å². The van der Waals surface area contributed by atoms with Crippen LogP contribution in [-0.4, -0.2) is 62.2 Å². The summed E-state index contributed by atoms with van der Waals surface area (Å²) in [5.41, 5.74) is 1.62. The van der Waals surface area contributed by atoms with E-state index in [0.717, 1.165) is 75.6 Å². The first-order valence-corrected chi connectivity index (χ1v) is 12.1. The zero-order valence-corrected chi connectivity index (χ0v) is 18.3. The summed E-state index contributed by atoms with van der Waals surface area (Å²) in [6, 6.07) is 3.50. The van der Waals surface area contributed by atoms with Crippen LogP contribution in [0.2, 0.25) is 0 Å². The summed E-state index contributed by atoms with van der Waals surface area (Å²) in [6.45, 7) is 3.59. The predicted octanol–water partition coefficient (Wildman–Crippen LogP) is 3.47. The van der Waals surface area contributed by atoms with Crippen molar-refractivity contribution >= 4 is 6.03 Å². The first kappa shape index (κ1) is 19.0. The zero-order chi connectivity index (χ0) is 21.5. The Morgan fingerprint density at radius 3 is 2.19 bits per heavy atom. The van der Waals surface area contributed by atoms with Crippen molar-refractivity contribution in [1.82, 2.24) is 30.0 Å². The summed E-state index contributed by atoms with van der Waals surface area (Å²) in [7, 11) is 0. The van der Waals surface area contributed by atoms with E-state index < -0.39 is 0 Å². The number of nitrogens with zero attached hydrogens (tertiary/aromatic N) is 5. The smallest absolute Gasteiger partial charge is 0.320 e. The number of aromatic nitrogens is 4. The summed E-state index contributed by atoms with van der Waals surface area (Å²) in [5.74, 6) is 3.57. The Kier molecular flexibility index (Phi) is 3.87. The molecule has 7 nitrogen and oxygen atoms in total. The number of hydrogen-bond acceptors (Lipinski definition) is 4. The maximum absolute atomic E-state index is 13.0. The van der Waals surface area contributed by atoms with E-state index in [1.165, 1.54) is 25.1 Å². The summed E-state index contributed by atoms with van der Waals surface area (Å²) in [4.78, 5) is 24.6. The Bertz CT molecular complexity index is 1030. The number of halogens is 1. The monoisotopic (exact) mass is 436 g/mol. The summed E-state index contributed by atoms with van der Waals surface area (Å²) in [5, 5.41) is 8.70. The van der Waals surface area contributed by atoms with Gasteiger partial charge in [0.1, 0.15) is 17.5 Å². The normalized spacial score (nSPS) is 25.9. The maximum Gasteiger partial charge on any atom is 0.320 e. The molecule has 5 aliphatic rings. The maximum atomic E-state index is 13.0. The SMILES string of the molecule is O=C(N1CC2(CC(Cc3ccc(F)cn3)C2)C1)N1CC2(CC(c3nnc(C4CC4)[nH]3)C2)C1. The number of likely N-dealkylation sites (tertiary alicyclic amines) is 2. The fourth-order valence-corrected chi connectivity index (χ4v) is 6.84. The number of amides is 2. The van der Waals surface area contributed by atoms with Crippen LogP contribution in [0.3, 0.4) is 0 Å². The average Bonchev–Trinajstić information content (AvgIpc) is 3.40. The third kappa shape index (κ3) is 3.05. The lowest BCUT2D eigenvalue weighted by atomic mass is 9.56. The Morgan fingerprint density at radius 2 is 1.59 bits per heavy atom. The lowest BCUT2D eigenvalue weighted by Gasteiger charge is -2.63. The lowest BCUT2D eigenvalue weighted by molar-refractivity contribution is -0.100. The van der Waals surface area contributed by atoms with Crippen LogP contribution < -0.4 is 0 Å². The van der Waals surface area contributed by atoms with Crippen LogP contribution in [0.5, 0.6) is 0 Å². The van der Waals surface area contributed by atoms with E-state index in [9.17, 15) is 9.18 Å². The first-order chi connectivity index (χ1) is 15.5.